The Hall–Kier alpha value is -2.43. The first-order valence-corrected chi connectivity index (χ1v) is 9.26. The van der Waals surface area contributed by atoms with Crippen LogP contribution in [-0.4, -0.2) is 14.8 Å². The Morgan fingerprint density at radius 1 is 1.48 bits per heavy atom. The number of rotatable bonds is 5. The summed E-state index contributed by atoms with van der Waals surface area (Å²) in [6.07, 6.45) is 1.62. The number of hydrogen-bond acceptors (Lipinski definition) is 5. The van der Waals surface area contributed by atoms with Crippen LogP contribution in [0, 0.1) is 17.1 Å². The molecule has 25 heavy (non-hydrogen) atoms. The van der Waals surface area contributed by atoms with Gasteiger partial charge in [0.15, 0.2) is 5.16 Å². The van der Waals surface area contributed by atoms with Crippen molar-refractivity contribution < 1.29 is 4.39 Å². The Morgan fingerprint density at radius 3 is 2.84 bits per heavy atom. The van der Waals surface area contributed by atoms with Gasteiger partial charge in [0, 0.05) is 17.5 Å². The molecule has 0 saturated heterocycles. The van der Waals surface area contributed by atoms with Crippen LogP contribution >= 0.6 is 23.1 Å². The lowest BCUT2D eigenvalue weighted by molar-refractivity contribution is 0.628. The minimum absolute atomic E-state index is 0.182. The fraction of sp³-hybridized carbons (Fsp3) is 0.167. The zero-order valence-electron chi connectivity index (χ0n) is 13.4. The van der Waals surface area contributed by atoms with E-state index in [-0.39, 0.29) is 16.6 Å². The lowest BCUT2D eigenvalue weighted by Gasteiger charge is -2.11. The minimum atomic E-state index is -0.324. The molecule has 126 valence electrons. The average molecular weight is 371 g/mol. The van der Waals surface area contributed by atoms with Gasteiger partial charge in [0.1, 0.15) is 10.6 Å². The zero-order chi connectivity index (χ0) is 18.0. The molecule has 0 aliphatic heterocycles. The van der Waals surface area contributed by atoms with Crippen molar-refractivity contribution in [3.05, 3.63) is 58.5 Å². The molecule has 0 saturated carbocycles. The van der Waals surface area contributed by atoms with Crippen LogP contribution in [0.25, 0.3) is 21.3 Å². The van der Waals surface area contributed by atoms with E-state index in [9.17, 15) is 9.18 Å². The summed E-state index contributed by atoms with van der Waals surface area (Å²) in [7, 11) is 0. The molecule has 3 rings (SSSR count). The summed E-state index contributed by atoms with van der Waals surface area (Å²) in [6.45, 7) is 5.76. The maximum atomic E-state index is 13.2. The van der Waals surface area contributed by atoms with E-state index in [1.165, 1.54) is 39.8 Å². The van der Waals surface area contributed by atoms with Gasteiger partial charge < -0.3 is 0 Å². The van der Waals surface area contributed by atoms with E-state index in [1.54, 1.807) is 25.1 Å². The fourth-order valence-electron chi connectivity index (χ4n) is 2.41. The Balaban J connectivity index is 2.23. The molecule has 0 aliphatic carbocycles. The van der Waals surface area contributed by atoms with E-state index in [2.05, 4.69) is 17.6 Å². The summed E-state index contributed by atoms with van der Waals surface area (Å²) in [5, 5.41) is 11.6. The molecule has 0 radical (unpaired) electrons. The molecule has 0 fully saturated rings. The van der Waals surface area contributed by atoms with E-state index in [0.29, 0.717) is 21.9 Å². The summed E-state index contributed by atoms with van der Waals surface area (Å²) in [4.78, 5) is 18.2. The first kappa shape index (κ1) is 17.4. The Bertz CT molecular complexity index is 1030. The normalized spacial score (nSPS) is 12.0. The molecule has 0 aliphatic rings. The van der Waals surface area contributed by atoms with Gasteiger partial charge in [-0.05, 0) is 24.6 Å². The SMILES string of the molecule is C=CCn1c(SC(C)C#N)nc2scc(-c3ccc(F)cc3)c2c1=O. The van der Waals surface area contributed by atoms with Crippen molar-refractivity contribution >= 4 is 33.3 Å². The monoisotopic (exact) mass is 371 g/mol. The summed E-state index contributed by atoms with van der Waals surface area (Å²) >= 11 is 2.61. The fourth-order valence-corrected chi connectivity index (χ4v) is 4.21. The third-order valence-electron chi connectivity index (χ3n) is 3.59. The third kappa shape index (κ3) is 3.36. The van der Waals surface area contributed by atoms with E-state index in [1.807, 2.05) is 5.38 Å². The number of nitriles is 1. The predicted octanol–water partition coefficient (Wildman–Crippen LogP) is 4.45. The largest absolute Gasteiger partial charge is 0.283 e. The molecule has 0 N–H and O–H groups in total. The van der Waals surface area contributed by atoms with Crippen molar-refractivity contribution in [1.29, 1.82) is 5.26 Å². The molecule has 0 spiro atoms. The Kier molecular flexibility index (Phi) is 5.02. The maximum Gasteiger partial charge on any atom is 0.263 e. The van der Waals surface area contributed by atoms with Crippen LogP contribution in [0.2, 0.25) is 0 Å². The highest BCUT2D eigenvalue weighted by molar-refractivity contribution is 8.00. The smallest absolute Gasteiger partial charge is 0.263 e. The van der Waals surface area contributed by atoms with Crippen LogP contribution < -0.4 is 5.56 Å². The first-order chi connectivity index (χ1) is 12.0. The molecule has 1 unspecified atom stereocenters. The second kappa shape index (κ2) is 7.21. The van der Waals surface area contributed by atoms with Crippen LogP contribution in [0.5, 0.6) is 0 Å². The van der Waals surface area contributed by atoms with Crippen LogP contribution in [0.4, 0.5) is 4.39 Å². The van der Waals surface area contributed by atoms with Crippen molar-refractivity contribution in [2.75, 3.05) is 0 Å². The number of halogens is 1. The molecule has 3 aromatic rings. The number of thioether (sulfide) groups is 1. The number of thiophene rings is 1. The highest BCUT2D eigenvalue weighted by atomic mass is 32.2. The van der Waals surface area contributed by atoms with Gasteiger partial charge in [0.25, 0.3) is 5.56 Å². The van der Waals surface area contributed by atoms with Gasteiger partial charge in [-0.3, -0.25) is 9.36 Å². The highest BCUT2D eigenvalue weighted by Crippen LogP contribution is 2.32. The van der Waals surface area contributed by atoms with Gasteiger partial charge in [-0.1, -0.05) is 30.0 Å². The molecule has 2 heterocycles. The van der Waals surface area contributed by atoms with Gasteiger partial charge >= 0.3 is 0 Å². The summed E-state index contributed by atoms with van der Waals surface area (Å²) in [5.41, 5.74) is 1.32. The van der Waals surface area contributed by atoms with Gasteiger partial charge in [-0.25, -0.2) is 9.37 Å². The molecule has 1 aromatic carbocycles. The molecule has 7 heteroatoms. The molecule has 2 aromatic heterocycles. The second-order valence-corrected chi connectivity index (χ2v) is 7.49. The molecule has 0 amide bonds. The quantitative estimate of drug-likeness (QED) is 0.378. The van der Waals surface area contributed by atoms with Gasteiger partial charge in [0.05, 0.1) is 16.7 Å². The number of hydrogen-bond donors (Lipinski definition) is 0. The third-order valence-corrected chi connectivity index (χ3v) is 5.44. The topological polar surface area (TPSA) is 58.7 Å². The van der Waals surface area contributed by atoms with Crippen LogP contribution in [0.15, 0.2) is 52.3 Å². The zero-order valence-corrected chi connectivity index (χ0v) is 15.0. The lowest BCUT2D eigenvalue weighted by Crippen LogP contribution is -2.23. The molecule has 1 atom stereocenters. The Labute approximate surface area is 152 Å². The van der Waals surface area contributed by atoms with Crippen molar-refractivity contribution in [2.45, 2.75) is 23.9 Å². The average Bonchev–Trinajstić information content (AvgIpc) is 3.03. The second-order valence-electron chi connectivity index (χ2n) is 5.32. The number of allylic oxidation sites excluding steroid dienone is 1. The van der Waals surface area contributed by atoms with E-state index in [0.717, 1.165) is 11.1 Å². The van der Waals surface area contributed by atoms with Crippen molar-refractivity contribution in [3.8, 4) is 17.2 Å². The van der Waals surface area contributed by atoms with Gasteiger partial charge in [0.2, 0.25) is 0 Å². The molecule has 0 bridgehead atoms. The lowest BCUT2D eigenvalue weighted by atomic mass is 10.1. The highest BCUT2D eigenvalue weighted by Gasteiger charge is 2.18. The molecular formula is C18H14FN3OS2. The van der Waals surface area contributed by atoms with Crippen LogP contribution in [0.3, 0.4) is 0 Å². The van der Waals surface area contributed by atoms with Crippen molar-refractivity contribution in [1.82, 2.24) is 9.55 Å². The molecular weight excluding hydrogens is 357 g/mol. The van der Waals surface area contributed by atoms with E-state index in [4.69, 9.17) is 5.26 Å². The first-order valence-electron chi connectivity index (χ1n) is 7.50. The number of aromatic nitrogens is 2. The van der Waals surface area contributed by atoms with Crippen molar-refractivity contribution in [3.63, 3.8) is 0 Å². The minimum Gasteiger partial charge on any atom is -0.283 e. The maximum absolute atomic E-state index is 13.2. The van der Waals surface area contributed by atoms with E-state index < -0.39 is 0 Å². The number of benzene rings is 1. The number of fused-ring (bicyclic) bond motifs is 1. The van der Waals surface area contributed by atoms with Gasteiger partial charge in [-0.2, -0.15) is 5.26 Å². The summed E-state index contributed by atoms with van der Waals surface area (Å²) in [5.74, 6) is -0.324. The van der Waals surface area contributed by atoms with Gasteiger partial charge in [-0.15, -0.1) is 17.9 Å². The van der Waals surface area contributed by atoms with Crippen LogP contribution in [0.1, 0.15) is 6.92 Å². The summed E-state index contributed by atoms with van der Waals surface area (Å²) < 4.78 is 14.7. The van der Waals surface area contributed by atoms with Crippen LogP contribution in [-0.2, 0) is 6.54 Å². The Morgan fingerprint density at radius 2 is 2.20 bits per heavy atom. The predicted molar refractivity (Wildman–Crippen MR) is 100 cm³/mol. The number of nitrogens with zero attached hydrogens (tertiary/aromatic N) is 3. The summed E-state index contributed by atoms with van der Waals surface area (Å²) in [6, 6.07) is 8.17. The molecule has 4 nitrogen and oxygen atoms in total. The standard InChI is InChI=1S/C18H14FN3OS2/c1-3-8-22-17(23)15-14(12-4-6-13(19)7-5-12)10-24-16(15)21-18(22)25-11(2)9-20/h3-7,10-11H,1,8H2,2H3. The van der Waals surface area contributed by atoms with E-state index >= 15 is 0 Å². The van der Waals surface area contributed by atoms with Crippen molar-refractivity contribution in [2.24, 2.45) is 0 Å².